The van der Waals surface area contributed by atoms with Gasteiger partial charge in [0, 0.05) is 6.04 Å². The minimum absolute atomic E-state index is 0.112. The lowest BCUT2D eigenvalue weighted by Crippen LogP contribution is -2.29. The van der Waals surface area contributed by atoms with Crippen LogP contribution in [0.2, 0.25) is 0 Å². The fourth-order valence-electron chi connectivity index (χ4n) is 2.61. The van der Waals surface area contributed by atoms with Gasteiger partial charge >= 0.3 is 0 Å². The molecule has 0 aliphatic heterocycles. The maximum Gasteiger partial charge on any atom is 0.246 e. The predicted molar refractivity (Wildman–Crippen MR) is 87.1 cm³/mol. The van der Waals surface area contributed by atoms with Crippen LogP contribution in [0.1, 0.15) is 42.0 Å². The van der Waals surface area contributed by atoms with Crippen molar-refractivity contribution >= 4 is 10.0 Å². The van der Waals surface area contributed by atoms with Crippen LogP contribution < -0.4 is 9.46 Å². The highest BCUT2D eigenvalue weighted by Gasteiger charge is 2.27. The lowest BCUT2D eigenvalue weighted by molar-refractivity contribution is 0.390. The van der Waals surface area contributed by atoms with Crippen LogP contribution in [0, 0.1) is 20.8 Å². The molecule has 23 heavy (non-hydrogen) atoms. The Bertz CT molecular complexity index is 777. The highest BCUT2D eigenvalue weighted by molar-refractivity contribution is 7.89. The number of nitrogens with zero attached hydrogens (tertiary/aromatic N) is 1. The van der Waals surface area contributed by atoms with Gasteiger partial charge in [0.25, 0.3) is 0 Å². The molecule has 7 heteroatoms. The van der Waals surface area contributed by atoms with Gasteiger partial charge in [-0.3, -0.25) is 0 Å². The first kappa shape index (κ1) is 17.5. The molecule has 0 radical (unpaired) electrons. The Hall–Kier alpha value is -1.86. The van der Waals surface area contributed by atoms with Gasteiger partial charge < -0.3 is 9.26 Å². The third-order valence-corrected chi connectivity index (χ3v) is 5.48. The first-order valence-electron chi connectivity index (χ1n) is 7.39. The van der Waals surface area contributed by atoms with Crippen LogP contribution in [0.3, 0.4) is 0 Å². The molecule has 0 fully saturated rings. The van der Waals surface area contributed by atoms with Crippen LogP contribution >= 0.6 is 0 Å². The molecule has 2 aromatic rings. The van der Waals surface area contributed by atoms with Crippen molar-refractivity contribution in [2.24, 2.45) is 0 Å². The number of aryl methyl sites for hydroxylation is 3. The molecule has 1 N–H and O–H groups in total. The van der Waals surface area contributed by atoms with Gasteiger partial charge in [-0.05, 0) is 44.4 Å². The third-order valence-electron chi connectivity index (χ3n) is 3.76. The quantitative estimate of drug-likeness (QED) is 0.875. The summed E-state index contributed by atoms with van der Waals surface area (Å²) in [6, 6.07) is 5.31. The van der Waals surface area contributed by atoms with Gasteiger partial charge in [-0.25, -0.2) is 13.1 Å². The molecule has 0 spiro atoms. The zero-order chi connectivity index (χ0) is 17.2. The van der Waals surface area contributed by atoms with Crippen molar-refractivity contribution in [2.45, 2.75) is 45.1 Å². The van der Waals surface area contributed by atoms with Crippen molar-refractivity contribution in [2.75, 3.05) is 7.11 Å². The largest absolute Gasteiger partial charge is 0.496 e. The molecular formula is C16H22N2O4S. The summed E-state index contributed by atoms with van der Waals surface area (Å²) in [4.78, 5) is 0.112. The second-order valence-corrected chi connectivity index (χ2v) is 7.12. The van der Waals surface area contributed by atoms with E-state index in [1.807, 2.05) is 32.0 Å². The summed E-state index contributed by atoms with van der Waals surface area (Å²) in [5, 5.41) is 3.71. The number of ether oxygens (including phenoxy) is 1. The Kier molecular flexibility index (Phi) is 5.11. The number of nitrogens with one attached hydrogen (secondary N) is 1. The number of benzene rings is 1. The summed E-state index contributed by atoms with van der Waals surface area (Å²) >= 11 is 0. The van der Waals surface area contributed by atoms with Crippen LogP contribution in [0.15, 0.2) is 27.6 Å². The second kappa shape index (κ2) is 6.72. The van der Waals surface area contributed by atoms with Gasteiger partial charge in [-0.15, -0.1) is 0 Å². The van der Waals surface area contributed by atoms with E-state index in [1.165, 1.54) is 0 Å². The Labute approximate surface area is 136 Å². The standard InChI is InChI=1S/C16H22N2O4S/c1-6-14(13-7-8-15(21-5)10(2)9-13)18-23(19,20)16-11(3)17-22-12(16)4/h7-9,14,18H,6H2,1-5H3/t14-/m1/s1. The van der Waals surface area contributed by atoms with Gasteiger partial charge in [0.05, 0.1) is 7.11 Å². The zero-order valence-corrected chi connectivity index (χ0v) is 14.8. The maximum atomic E-state index is 12.6. The molecule has 0 amide bonds. The van der Waals surface area contributed by atoms with E-state index in [4.69, 9.17) is 9.26 Å². The van der Waals surface area contributed by atoms with Crippen molar-refractivity contribution < 1.29 is 17.7 Å². The SMILES string of the molecule is CC[C@@H](NS(=O)(=O)c1c(C)noc1C)c1ccc(OC)c(C)c1. The van der Waals surface area contributed by atoms with Crippen molar-refractivity contribution in [1.29, 1.82) is 0 Å². The van der Waals surface area contributed by atoms with Gasteiger partial charge in [0.1, 0.15) is 16.3 Å². The molecule has 0 saturated carbocycles. The van der Waals surface area contributed by atoms with Crippen LogP contribution in [0.5, 0.6) is 5.75 Å². The van der Waals surface area contributed by atoms with Crippen LogP contribution in [-0.2, 0) is 10.0 Å². The molecular weight excluding hydrogens is 316 g/mol. The summed E-state index contributed by atoms with van der Waals surface area (Å²) in [5.41, 5.74) is 2.21. The Balaban J connectivity index is 2.34. The highest BCUT2D eigenvalue weighted by atomic mass is 32.2. The molecule has 1 atom stereocenters. The molecule has 0 aliphatic carbocycles. The van der Waals surface area contributed by atoms with Crippen molar-refractivity contribution in [1.82, 2.24) is 9.88 Å². The minimum Gasteiger partial charge on any atom is -0.496 e. The van der Waals surface area contributed by atoms with E-state index in [9.17, 15) is 8.42 Å². The molecule has 6 nitrogen and oxygen atoms in total. The van der Waals surface area contributed by atoms with Gasteiger partial charge in [-0.1, -0.05) is 24.2 Å². The molecule has 0 unspecified atom stereocenters. The Morgan fingerprint density at radius 2 is 2.00 bits per heavy atom. The minimum atomic E-state index is -3.70. The van der Waals surface area contributed by atoms with Crippen LogP contribution in [-0.4, -0.2) is 20.7 Å². The molecule has 0 saturated heterocycles. The number of aromatic nitrogens is 1. The van der Waals surface area contributed by atoms with E-state index in [2.05, 4.69) is 9.88 Å². The van der Waals surface area contributed by atoms with E-state index in [0.717, 1.165) is 16.9 Å². The molecule has 1 heterocycles. The maximum absolute atomic E-state index is 12.6. The van der Waals surface area contributed by atoms with Crippen molar-refractivity contribution in [3.05, 3.63) is 40.8 Å². The monoisotopic (exact) mass is 338 g/mol. The fraction of sp³-hybridized carbons (Fsp3) is 0.438. The van der Waals surface area contributed by atoms with E-state index in [1.54, 1.807) is 21.0 Å². The van der Waals surface area contributed by atoms with E-state index in [0.29, 0.717) is 12.1 Å². The lowest BCUT2D eigenvalue weighted by Gasteiger charge is -2.18. The Morgan fingerprint density at radius 1 is 1.30 bits per heavy atom. The van der Waals surface area contributed by atoms with E-state index >= 15 is 0 Å². The van der Waals surface area contributed by atoms with Gasteiger partial charge in [0.2, 0.25) is 10.0 Å². The van der Waals surface area contributed by atoms with E-state index in [-0.39, 0.29) is 16.7 Å². The summed E-state index contributed by atoms with van der Waals surface area (Å²) in [7, 11) is -2.09. The van der Waals surface area contributed by atoms with Gasteiger partial charge in [-0.2, -0.15) is 0 Å². The number of hydrogen-bond acceptors (Lipinski definition) is 5. The summed E-state index contributed by atoms with van der Waals surface area (Å²) in [5.74, 6) is 1.06. The molecule has 2 rings (SSSR count). The molecule has 0 bridgehead atoms. The number of rotatable bonds is 6. The molecule has 1 aromatic carbocycles. The topological polar surface area (TPSA) is 81.4 Å². The zero-order valence-electron chi connectivity index (χ0n) is 14.0. The predicted octanol–water partition coefficient (Wildman–Crippen LogP) is 3.04. The van der Waals surface area contributed by atoms with Gasteiger partial charge in [0.15, 0.2) is 5.76 Å². The first-order valence-corrected chi connectivity index (χ1v) is 8.88. The number of hydrogen-bond donors (Lipinski definition) is 1. The Morgan fingerprint density at radius 3 is 2.48 bits per heavy atom. The van der Waals surface area contributed by atoms with Crippen LogP contribution in [0.4, 0.5) is 0 Å². The number of sulfonamides is 1. The molecule has 126 valence electrons. The second-order valence-electron chi connectivity index (χ2n) is 5.46. The smallest absolute Gasteiger partial charge is 0.246 e. The fourth-order valence-corrected chi connectivity index (χ4v) is 4.25. The average Bonchev–Trinajstić information content (AvgIpc) is 2.84. The van der Waals surface area contributed by atoms with E-state index < -0.39 is 10.0 Å². The normalized spacial score (nSPS) is 13.1. The molecule has 1 aromatic heterocycles. The third kappa shape index (κ3) is 3.56. The molecule has 0 aliphatic rings. The summed E-state index contributed by atoms with van der Waals surface area (Å²) < 4.78 is 38.3. The number of methoxy groups -OCH3 is 1. The lowest BCUT2D eigenvalue weighted by atomic mass is 10.0. The highest BCUT2D eigenvalue weighted by Crippen LogP contribution is 2.27. The average molecular weight is 338 g/mol. The summed E-state index contributed by atoms with van der Waals surface area (Å²) in [6.07, 6.45) is 0.619. The van der Waals surface area contributed by atoms with Crippen molar-refractivity contribution in [3.63, 3.8) is 0 Å². The van der Waals surface area contributed by atoms with Crippen molar-refractivity contribution in [3.8, 4) is 5.75 Å². The van der Waals surface area contributed by atoms with Crippen LogP contribution in [0.25, 0.3) is 0 Å². The first-order chi connectivity index (χ1) is 10.8. The summed E-state index contributed by atoms with van der Waals surface area (Å²) in [6.45, 7) is 7.06.